The molecule has 0 saturated carbocycles. The topological polar surface area (TPSA) is 83.8 Å². The van der Waals surface area contributed by atoms with Crippen LogP contribution in [0.5, 0.6) is 0 Å². The maximum atomic E-state index is 12.4. The molecule has 0 atom stereocenters. The average Bonchev–Trinajstić information content (AvgIpc) is 3.00. The fourth-order valence-corrected chi connectivity index (χ4v) is 4.65. The standard InChI is InChI=1S/C23H25BrN4O3S/c1-16-7-5-6-8-22(16)27(32(4,30)31)15-23(29)26-25-14-19-13-17(2)28(18(19)3)21-11-9-20(24)10-12-21/h5-14H,15H2,1-4H3,(H,26,29)/b25-14+. The summed E-state index contributed by atoms with van der Waals surface area (Å²) in [6.45, 7) is 5.41. The monoisotopic (exact) mass is 516 g/mol. The normalized spacial score (nSPS) is 11.7. The molecule has 0 fully saturated rings. The second kappa shape index (κ2) is 9.70. The van der Waals surface area contributed by atoms with E-state index in [1.807, 2.05) is 50.2 Å². The molecule has 1 N–H and O–H groups in total. The predicted octanol–water partition coefficient (Wildman–Crippen LogP) is 4.08. The molecule has 1 aromatic heterocycles. The number of aryl methyl sites for hydroxylation is 2. The molecule has 0 aliphatic carbocycles. The van der Waals surface area contributed by atoms with E-state index in [1.165, 1.54) is 0 Å². The zero-order chi connectivity index (χ0) is 23.5. The van der Waals surface area contributed by atoms with Crippen LogP contribution in [0.2, 0.25) is 0 Å². The lowest BCUT2D eigenvalue weighted by molar-refractivity contribution is -0.119. The minimum atomic E-state index is -3.64. The summed E-state index contributed by atoms with van der Waals surface area (Å²) < 4.78 is 28.7. The van der Waals surface area contributed by atoms with E-state index in [9.17, 15) is 13.2 Å². The number of hydrazone groups is 1. The third-order valence-electron chi connectivity index (χ3n) is 5.02. The Morgan fingerprint density at radius 2 is 1.78 bits per heavy atom. The maximum absolute atomic E-state index is 12.4. The Kier molecular flexibility index (Phi) is 7.20. The number of rotatable bonds is 7. The van der Waals surface area contributed by atoms with Gasteiger partial charge in [0.25, 0.3) is 5.91 Å². The van der Waals surface area contributed by atoms with Crippen LogP contribution in [0.1, 0.15) is 22.5 Å². The van der Waals surface area contributed by atoms with Gasteiger partial charge in [0.1, 0.15) is 6.54 Å². The van der Waals surface area contributed by atoms with Crippen molar-refractivity contribution >= 4 is 43.8 Å². The number of halogens is 1. The van der Waals surface area contributed by atoms with Gasteiger partial charge in [-0.2, -0.15) is 5.10 Å². The predicted molar refractivity (Wildman–Crippen MR) is 132 cm³/mol. The average molecular weight is 517 g/mol. The summed E-state index contributed by atoms with van der Waals surface area (Å²) in [4.78, 5) is 12.4. The van der Waals surface area contributed by atoms with E-state index >= 15 is 0 Å². The van der Waals surface area contributed by atoms with Gasteiger partial charge in [-0.25, -0.2) is 13.8 Å². The molecule has 7 nitrogen and oxygen atoms in total. The van der Waals surface area contributed by atoms with Gasteiger partial charge in [0.2, 0.25) is 10.0 Å². The number of benzene rings is 2. The van der Waals surface area contributed by atoms with Gasteiger partial charge in [-0.3, -0.25) is 9.10 Å². The van der Waals surface area contributed by atoms with Crippen LogP contribution in [0.4, 0.5) is 5.69 Å². The highest BCUT2D eigenvalue weighted by molar-refractivity contribution is 9.10. The van der Waals surface area contributed by atoms with Crippen LogP contribution in [-0.4, -0.2) is 37.9 Å². The van der Waals surface area contributed by atoms with Gasteiger partial charge in [0, 0.05) is 27.1 Å². The smallest absolute Gasteiger partial charge is 0.260 e. The number of aromatic nitrogens is 1. The number of para-hydroxylation sites is 1. The van der Waals surface area contributed by atoms with Gasteiger partial charge in [0.15, 0.2) is 0 Å². The number of hydrogen-bond donors (Lipinski definition) is 1. The van der Waals surface area contributed by atoms with Crippen LogP contribution in [0.15, 0.2) is 64.2 Å². The second-order valence-electron chi connectivity index (χ2n) is 7.49. The fraction of sp³-hybridized carbons (Fsp3) is 0.217. The number of nitrogens with one attached hydrogen (secondary N) is 1. The molecule has 3 rings (SSSR count). The third-order valence-corrected chi connectivity index (χ3v) is 6.67. The van der Waals surface area contributed by atoms with Crippen molar-refractivity contribution in [3.8, 4) is 5.69 Å². The molecule has 0 aliphatic heterocycles. The van der Waals surface area contributed by atoms with Gasteiger partial charge < -0.3 is 4.57 Å². The van der Waals surface area contributed by atoms with Crippen molar-refractivity contribution in [2.75, 3.05) is 17.1 Å². The molecule has 0 aliphatic rings. The molecule has 168 valence electrons. The van der Waals surface area contributed by atoms with E-state index in [4.69, 9.17) is 0 Å². The van der Waals surface area contributed by atoms with Gasteiger partial charge in [-0.1, -0.05) is 34.1 Å². The fourth-order valence-electron chi connectivity index (χ4n) is 3.47. The van der Waals surface area contributed by atoms with E-state index < -0.39 is 15.9 Å². The molecule has 32 heavy (non-hydrogen) atoms. The van der Waals surface area contributed by atoms with Crippen molar-refractivity contribution < 1.29 is 13.2 Å². The zero-order valence-electron chi connectivity index (χ0n) is 18.3. The molecule has 9 heteroatoms. The van der Waals surface area contributed by atoms with E-state index in [1.54, 1.807) is 31.3 Å². The largest absolute Gasteiger partial charge is 0.318 e. The molecule has 3 aromatic rings. The Morgan fingerprint density at radius 3 is 2.41 bits per heavy atom. The van der Waals surface area contributed by atoms with Crippen molar-refractivity contribution in [3.63, 3.8) is 0 Å². The highest BCUT2D eigenvalue weighted by Crippen LogP contribution is 2.22. The van der Waals surface area contributed by atoms with Crippen LogP contribution in [0, 0.1) is 20.8 Å². The minimum Gasteiger partial charge on any atom is -0.318 e. The molecule has 0 unspecified atom stereocenters. The maximum Gasteiger partial charge on any atom is 0.260 e. The van der Waals surface area contributed by atoms with Crippen LogP contribution in [0.3, 0.4) is 0 Å². The molecule has 0 radical (unpaired) electrons. The molecule has 1 heterocycles. The van der Waals surface area contributed by atoms with Gasteiger partial charge >= 0.3 is 0 Å². The van der Waals surface area contributed by atoms with Crippen LogP contribution in [0.25, 0.3) is 5.69 Å². The Bertz CT molecular complexity index is 1260. The minimum absolute atomic E-state index is 0.362. The molecule has 0 bridgehead atoms. The van der Waals surface area contributed by atoms with Crippen LogP contribution in [-0.2, 0) is 14.8 Å². The second-order valence-corrected chi connectivity index (χ2v) is 10.3. The third kappa shape index (κ3) is 5.46. The van der Waals surface area contributed by atoms with Gasteiger partial charge in [-0.05, 0) is 62.7 Å². The summed E-state index contributed by atoms with van der Waals surface area (Å²) in [5.74, 6) is -0.531. The highest BCUT2D eigenvalue weighted by atomic mass is 79.9. The number of carbonyl (C=O) groups excluding carboxylic acids is 1. The molecule has 1 amide bonds. The first kappa shape index (κ1) is 23.7. The van der Waals surface area contributed by atoms with Crippen LogP contribution >= 0.6 is 15.9 Å². The summed E-state index contributed by atoms with van der Waals surface area (Å²) in [6.07, 6.45) is 2.64. The lowest BCUT2D eigenvalue weighted by Gasteiger charge is -2.23. The zero-order valence-corrected chi connectivity index (χ0v) is 20.7. The number of sulfonamides is 1. The Morgan fingerprint density at radius 1 is 1.12 bits per heavy atom. The quantitative estimate of drug-likeness (QED) is 0.379. The lowest BCUT2D eigenvalue weighted by atomic mass is 10.2. The number of nitrogens with zero attached hydrogens (tertiary/aromatic N) is 3. The first-order valence-corrected chi connectivity index (χ1v) is 12.5. The summed E-state index contributed by atoms with van der Waals surface area (Å²) in [5.41, 5.74) is 7.53. The van der Waals surface area contributed by atoms with E-state index in [0.717, 1.165) is 43.2 Å². The first-order valence-electron chi connectivity index (χ1n) is 9.88. The van der Waals surface area contributed by atoms with Crippen LogP contribution < -0.4 is 9.73 Å². The number of amides is 1. The molecular formula is C23H25BrN4O3S. The Balaban J connectivity index is 1.74. The molecule has 0 spiro atoms. The first-order chi connectivity index (χ1) is 15.1. The molecule has 2 aromatic carbocycles. The SMILES string of the molecule is Cc1ccccc1N(CC(=O)N/N=C/c1cc(C)n(-c2ccc(Br)cc2)c1C)S(C)(=O)=O. The van der Waals surface area contributed by atoms with Crippen molar-refractivity contribution in [2.24, 2.45) is 5.10 Å². The summed E-state index contributed by atoms with van der Waals surface area (Å²) in [7, 11) is -3.64. The molecule has 0 saturated heterocycles. The highest BCUT2D eigenvalue weighted by Gasteiger charge is 2.22. The number of hydrogen-bond acceptors (Lipinski definition) is 4. The summed E-state index contributed by atoms with van der Waals surface area (Å²) in [5, 5.41) is 4.05. The molecular weight excluding hydrogens is 492 g/mol. The van der Waals surface area contributed by atoms with E-state index in [-0.39, 0.29) is 6.54 Å². The Labute approximate surface area is 196 Å². The summed E-state index contributed by atoms with van der Waals surface area (Å²) >= 11 is 3.44. The van der Waals surface area contributed by atoms with Crippen molar-refractivity contribution in [3.05, 3.63) is 81.6 Å². The number of anilines is 1. The Hall–Kier alpha value is -2.91. The lowest BCUT2D eigenvalue weighted by Crippen LogP contribution is -2.39. The van der Waals surface area contributed by atoms with Crippen molar-refractivity contribution in [2.45, 2.75) is 20.8 Å². The number of carbonyl (C=O) groups is 1. The van der Waals surface area contributed by atoms with Gasteiger partial charge in [-0.15, -0.1) is 0 Å². The van der Waals surface area contributed by atoms with E-state index in [0.29, 0.717) is 5.69 Å². The van der Waals surface area contributed by atoms with Gasteiger partial charge in [0.05, 0.1) is 18.2 Å². The van der Waals surface area contributed by atoms with E-state index in [2.05, 4.69) is 31.0 Å². The van der Waals surface area contributed by atoms with Crippen molar-refractivity contribution in [1.29, 1.82) is 0 Å². The van der Waals surface area contributed by atoms with Crippen molar-refractivity contribution in [1.82, 2.24) is 9.99 Å². The summed E-state index contributed by atoms with van der Waals surface area (Å²) in [6, 6.07) is 17.0.